The Balaban J connectivity index is 1.82. The van der Waals surface area contributed by atoms with Gasteiger partial charge < -0.3 is 10.6 Å². The molecule has 0 bridgehead atoms. The number of hydrogen-bond acceptors (Lipinski definition) is 2. The zero-order valence-electron chi connectivity index (χ0n) is 10.7. The van der Waals surface area contributed by atoms with Crippen molar-refractivity contribution in [1.82, 2.24) is 10.6 Å². The van der Waals surface area contributed by atoms with Gasteiger partial charge in [0, 0.05) is 11.0 Å². The lowest BCUT2D eigenvalue weighted by atomic mass is 9.96. The topological polar surface area (TPSA) is 41.1 Å². The van der Waals surface area contributed by atoms with Gasteiger partial charge in [0.05, 0.1) is 5.56 Å². The Morgan fingerprint density at radius 2 is 2.37 bits per heavy atom. The van der Waals surface area contributed by atoms with Gasteiger partial charge in [0.25, 0.3) is 5.91 Å². The lowest BCUT2D eigenvalue weighted by Gasteiger charge is -2.22. The third-order valence-corrected chi connectivity index (χ3v) is 3.90. The largest absolute Gasteiger partial charge is 0.352 e. The van der Waals surface area contributed by atoms with Crippen molar-refractivity contribution in [2.45, 2.75) is 19.3 Å². The van der Waals surface area contributed by atoms with Crippen LogP contribution in [0.4, 0.5) is 4.39 Å². The summed E-state index contributed by atoms with van der Waals surface area (Å²) in [7, 11) is 0. The lowest BCUT2D eigenvalue weighted by Crippen LogP contribution is -2.33. The number of amides is 1. The van der Waals surface area contributed by atoms with Gasteiger partial charge >= 0.3 is 0 Å². The molecule has 1 heterocycles. The van der Waals surface area contributed by atoms with Crippen molar-refractivity contribution in [3.05, 3.63) is 34.1 Å². The van der Waals surface area contributed by atoms with Crippen molar-refractivity contribution in [1.29, 1.82) is 0 Å². The van der Waals surface area contributed by atoms with Crippen molar-refractivity contribution in [3.8, 4) is 0 Å². The Hall–Kier alpha value is -0.940. The highest BCUT2D eigenvalue weighted by Crippen LogP contribution is 2.16. The van der Waals surface area contributed by atoms with Gasteiger partial charge in [0.2, 0.25) is 0 Å². The zero-order chi connectivity index (χ0) is 13.7. The van der Waals surface area contributed by atoms with Crippen LogP contribution in [0.25, 0.3) is 0 Å². The molecule has 5 heteroatoms. The maximum atomic E-state index is 13.5. The molecule has 2 rings (SSSR count). The average molecular weight is 329 g/mol. The summed E-state index contributed by atoms with van der Waals surface area (Å²) in [5, 5.41) is 6.13. The summed E-state index contributed by atoms with van der Waals surface area (Å²) in [5.41, 5.74) is 0.0937. The molecule has 1 amide bonds. The second-order valence-electron chi connectivity index (χ2n) is 4.88. The van der Waals surface area contributed by atoms with Gasteiger partial charge in [0.15, 0.2) is 0 Å². The summed E-state index contributed by atoms with van der Waals surface area (Å²) >= 11 is 3.24. The fourth-order valence-corrected chi connectivity index (χ4v) is 2.69. The third-order valence-electron chi connectivity index (χ3n) is 3.41. The van der Waals surface area contributed by atoms with E-state index in [0.717, 1.165) is 19.5 Å². The Kier molecular flexibility index (Phi) is 5.34. The van der Waals surface area contributed by atoms with Crippen molar-refractivity contribution < 1.29 is 9.18 Å². The average Bonchev–Trinajstić information content (AvgIpc) is 2.42. The smallest absolute Gasteiger partial charge is 0.254 e. The van der Waals surface area contributed by atoms with E-state index in [0.29, 0.717) is 16.9 Å². The molecular weight excluding hydrogens is 311 g/mol. The Bertz CT molecular complexity index is 447. The van der Waals surface area contributed by atoms with Gasteiger partial charge in [-0.2, -0.15) is 0 Å². The number of nitrogens with one attached hydrogen (secondary N) is 2. The molecule has 1 aliphatic heterocycles. The number of carbonyl (C=O) groups excluding carboxylic acids is 1. The first kappa shape index (κ1) is 14.5. The molecule has 1 atom stereocenters. The van der Waals surface area contributed by atoms with Crippen molar-refractivity contribution in [2.75, 3.05) is 19.6 Å². The second-order valence-corrected chi connectivity index (χ2v) is 5.80. The molecule has 0 saturated carbocycles. The number of halogens is 2. The Morgan fingerprint density at radius 3 is 3.11 bits per heavy atom. The van der Waals surface area contributed by atoms with Crippen molar-refractivity contribution in [2.24, 2.45) is 5.92 Å². The second kappa shape index (κ2) is 7.01. The zero-order valence-corrected chi connectivity index (χ0v) is 12.3. The van der Waals surface area contributed by atoms with Crippen LogP contribution in [-0.2, 0) is 0 Å². The van der Waals surface area contributed by atoms with Gasteiger partial charge in [-0.05, 0) is 56.5 Å². The number of benzene rings is 1. The maximum Gasteiger partial charge on any atom is 0.254 e. The Morgan fingerprint density at radius 1 is 1.53 bits per heavy atom. The lowest BCUT2D eigenvalue weighted by molar-refractivity contribution is 0.0946. The number of carbonyl (C=O) groups is 1. The van der Waals surface area contributed by atoms with Gasteiger partial charge in [-0.25, -0.2) is 4.39 Å². The van der Waals surface area contributed by atoms with Crippen molar-refractivity contribution >= 4 is 21.8 Å². The van der Waals surface area contributed by atoms with Crippen LogP contribution in [0.3, 0.4) is 0 Å². The van der Waals surface area contributed by atoms with Gasteiger partial charge in [-0.3, -0.25) is 4.79 Å². The summed E-state index contributed by atoms with van der Waals surface area (Å²) < 4.78 is 14.2. The van der Waals surface area contributed by atoms with E-state index in [-0.39, 0.29) is 11.5 Å². The van der Waals surface area contributed by atoms with E-state index in [4.69, 9.17) is 0 Å². The van der Waals surface area contributed by atoms with Crippen LogP contribution in [-0.4, -0.2) is 25.5 Å². The highest BCUT2D eigenvalue weighted by atomic mass is 79.9. The predicted octanol–water partition coefficient (Wildman–Crippen LogP) is 2.71. The normalized spacial score (nSPS) is 19.2. The number of rotatable bonds is 4. The molecule has 1 aliphatic rings. The highest BCUT2D eigenvalue weighted by Gasteiger charge is 2.15. The molecule has 2 N–H and O–H groups in total. The highest BCUT2D eigenvalue weighted by molar-refractivity contribution is 9.10. The molecular formula is C14H18BrFN2O. The SMILES string of the molecule is O=C(NCCC1CCCNC1)c1cc(Br)ccc1F. The van der Waals surface area contributed by atoms with Crippen LogP contribution in [0, 0.1) is 11.7 Å². The first-order valence-corrected chi connectivity index (χ1v) is 7.40. The number of hydrogen-bond donors (Lipinski definition) is 2. The minimum atomic E-state index is -0.486. The third kappa shape index (κ3) is 4.28. The molecule has 19 heavy (non-hydrogen) atoms. The molecule has 0 aliphatic carbocycles. The molecule has 1 aromatic carbocycles. The first-order chi connectivity index (χ1) is 9.16. The maximum absolute atomic E-state index is 13.5. The minimum absolute atomic E-state index is 0.0937. The summed E-state index contributed by atoms with van der Waals surface area (Å²) in [4.78, 5) is 11.9. The van der Waals surface area contributed by atoms with E-state index in [1.807, 2.05) is 0 Å². The van der Waals surface area contributed by atoms with E-state index >= 15 is 0 Å². The van der Waals surface area contributed by atoms with Crippen LogP contribution in [0.1, 0.15) is 29.6 Å². The van der Waals surface area contributed by atoms with Crippen LogP contribution < -0.4 is 10.6 Å². The monoisotopic (exact) mass is 328 g/mol. The molecule has 1 fully saturated rings. The number of piperidine rings is 1. The molecule has 0 radical (unpaired) electrons. The van der Waals surface area contributed by atoms with Gasteiger partial charge in [0.1, 0.15) is 5.82 Å². The summed E-state index contributed by atoms with van der Waals surface area (Å²) in [6.07, 6.45) is 3.33. The molecule has 1 aromatic rings. The van der Waals surface area contributed by atoms with E-state index in [9.17, 15) is 9.18 Å². The molecule has 1 saturated heterocycles. The van der Waals surface area contributed by atoms with Crippen LogP contribution in [0.15, 0.2) is 22.7 Å². The Labute approximate surface area is 121 Å². The molecule has 104 valence electrons. The van der Waals surface area contributed by atoms with Gasteiger partial charge in [-0.15, -0.1) is 0 Å². The van der Waals surface area contributed by atoms with E-state index < -0.39 is 5.82 Å². The molecule has 1 unspecified atom stereocenters. The fourth-order valence-electron chi connectivity index (χ4n) is 2.33. The summed E-state index contributed by atoms with van der Waals surface area (Å²) in [5.74, 6) is -0.219. The van der Waals surface area contributed by atoms with E-state index in [1.165, 1.54) is 25.0 Å². The quantitative estimate of drug-likeness (QED) is 0.892. The summed E-state index contributed by atoms with van der Waals surface area (Å²) in [6.45, 7) is 2.70. The fraction of sp³-hybridized carbons (Fsp3) is 0.500. The van der Waals surface area contributed by atoms with Crippen LogP contribution in [0.5, 0.6) is 0 Å². The van der Waals surface area contributed by atoms with Crippen molar-refractivity contribution in [3.63, 3.8) is 0 Å². The van der Waals surface area contributed by atoms with Crippen LogP contribution in [0.2, 0.25) is 0 Å². The standard InChI is InChI=1S/C14H18BrFN2O/c15-11-3-4-13(16)12(8-11)14(19)18-7-5-10-2-1-6-17-9-10/h3-4,8,10,17H,1-2,5-7,9H2,(H,18,19). The van der Waals surface area contributed by atoms with E-state index in [1.54, 1.807) is 6.07 Å². The van der Waals surface area contributed by atoms with Crippen LogP contribution >= 0.6 is 15.9 Å². The molecule has 0 spiro atoms. The minimum Gasteiger partial charge on any atom is -0.352 e. The van der Waals surface area contributed by atoms with E-state index in [2.05, 4.69) is 26.6 Å². The predicted molar refractivity (Wildman–Crippen MR) is 76.6 cm³/mol. The van der Waals surface area contributed by atoms with Gasteiger partial charge in [-0.1, -0.05) is 15.9 Å². The molecule has 0 aromatic heterocycles. The first-order valence-electron chi connectivity index (χ1n) is 6.61. The summed E-state index contributed by atoms with van der Waals surface area (Å²) in [6, 6.07) is 4.39. The molecule has 3 nitrogen and oxygen atoms in total.